The van der Waals surface area contributed by atoms with Crippen LogP contribution in [-0.2, 0) is 6.54 Å². The molecule has 0 unspecified atom stereocenters. The van der Waals surface area contributed by atoms with Crippen molar-refractivity contribution >= 4 is 34.2 Å². The van der Waals surface area contributed by atoms with Crippen molar-refractivity contribution in [1.82, 2.24) is 5.32 Å². The molecule has 1 rings (SSSR count). The first kappa shape index (κ1) is 11.2. The highest BCUT2D eigenvalue weighted by Gasteiger charge is 2.03. The summed E-state index contributed by atoms with van der Waals surface area (Å²) in [5.74, 6) is -0.351. The summed E-state index contributed by atoms with van der Waals surface area (Å²) in [6.07, 6.45) is 0. The molecule has 0 radical (unpaired) electrons. The molecule has 1 aromatic carbocycles. The van der Waals surface area contributed by atoms with Gasteiger partial charge in [-0.15, -0.1) is 0 Å². The zero-order valence-corrected chi connectivity index (χ0v) is 9.90. The minimum Gasteiger partial charge on any atom is -0.312 e. The van der Waals surface area contributed by atoms with E-state index in [1.807, 2.05) is 6.07 Å². The van der Waals surface area contributed by atoms with Gasteiger partial charge < -0.3 is 5.32 Å². The van der Waals surface area contributed by atoms with E-state index >= 15 is 0 Å². The summed E-state index contributed by atoms with van der Waals surface area (Å²) in [5.41, 5.74) is 0.812. The normalized spacial score (nSPS) is 10.4. The minimum absolute atomic E-state index is 0.225. The predicted octanol–water partition coefficient (Wildman–Crippen LogP) is 3.00. The second kappa shape index (κ2) is 5.78. The lowest BCUT2D eigenvalue weighted by atomic mass is 10.2. The van der Waals surface area contributed by atoms with Gasteiger partial charge in [-0.3, -0.25) is 0 Å². The van der Waals surface area contributed by atoms with Crippen molar-refractivity contribution in [3.8, 4) is 0 Å². The lowest BCUT2D eigenvalue weighted by molar-refractivity contribution is 0.623. The summed E-state index contributed by atoms with van der Waals surface area (Å²) in [5, 5.41) is 3.39. The molecule has 0 saturated carbocycles. The highest BCUT2D eigenvalue weighted by Crippen LogP contribution is 2.19. The molecule has 0 aliphatic heterocycles. The van der Waals surface area contributed by atoms with E-state index in [0.717, 1.165) is 16.5 Å². The number of hydrogen-bond donors (Lipinski definition) is 1. The molecule has 0 saturated heterocycles. The number of halogens is 3. The van der Waals surface area contributed by atoms with E-state index in [4.69, 9.17) is 11.6 Å². The van der Waals surface area contributed by atoms with E-state index in [1.54, 1.807) is 6.07 Å². The van der Waals surface area contributed by atoms with E-state index in [2.05, 4.69) is 27.9 Å². The molecule has 1 nitrogen and oxygen atoms in total. The van der Waals surface area contributed by atoms with Crippen LogP contribution >= 0.6 is 34.2 Å². The molecule has 0 heterocycles. The monoisotopic (exact) mass is 313 g/mol. The molecule has 0 fully saturated rings. The number of nitrogens with one attached hydrogen (secondary N) is 1. The van der Waals surface area contributed by atoms with Crippen LogP contribution in [0.25, 0.3) is 0 Å². The number of alkyl halides is 1. The zero-order valence-electron chi connectivity index (χ0n) is 6.99. The molecule has 13 heavy (non-hydrogen) atoms. The third-order valence-corrected chi connectivity index (χ3v) is 2.58. The van der Waals surface area contributed by atoms with Gasteiger partial charge in [-0.05, 0) is 11.6 Å². The van der Waals surface area contributed by atoms with Gasteiger partial charge in [0.1, 0.15) is 5.82 Å². The summed E-state index contributed by atoms with van der Waals surface area (Å²) in [4.78, 5) is 0. The first-order valence-electron chi connectivity index (χ1n) is 3.95. The summed E-state index contributed by atoms with van der Waals surface area (Å²) >= 11 is 8.03. The molecule has 72 valence electrons. The molecule has 4 heteroatoms. The Hall–Kier alpha value is 0.130. The first-order valence-corrected chi connectivity index (χ1v) is 5.85. The Morgan fingerprint density at radius 1 is 1.46 bits per heavy atom. The summed E-state index contributed by atoms with van der Waals surface area (Å²) in [6, 6.07) is 4.86. The maximum Gasteiger partial charge on any atom is 0.142 e. The predicted molar refractivity (Wildman–Crippen MR) is 62.0 cm³/mol. The fourth-order valence-electron chi connectivity index (χ4n) is 0.975. The maximum absolute atomic E-state index is 12.9. The van der Waals surface area contributed by atoms with Gasteiger partial charge in [0.25, 0.3) is 0 Å². The third-order valence-electron chi connectivity index (χ3n) is 1.62. The topological polar surface area (TPSA) is 12.0 Å². The minimum atomic E-state index is -0.351. The van der Waals surface area contributed by atoms with Crippen molar-refractivity contribution in [2.75, 3.05) is 11.0 Å². The van der Waals surface area contributed by atoms with Crippen molar-refractivity contribution in [3.05, 3.63) is 34.6 Å². The summed E-state index contributed by atoms with van der Waals surface area (Å²) < 4.78 is 14.0. The number of rotatable bonds is 4. The van der Waals surface area contributed by atoms with Gasteiger partial charge in [0, 0.05) is 17.5 Å². The number of benzene rings is 1. The maximum atomic E-state index is 12.9. The Bertz CT molecular complexity index is 280. The van der Waals surface area contributed by atoms with Gasteiger partial charge in [-0.2, -0.15) is 0 Å². The molecule has 0 bridgehead atoms. The first-order chi connectivity index (χ1) is 6.25. The largest absolute Gasteiger partial charge is 0.312 e. The van der Waals surface area contributed by atoms with Crippen LogP contribution in [0, 0.1) is 5.82 Å². The smallest absolute Gasteiger partial charge is 0.142 e. The Labute approximate surface area is 95.8 Å². The van der Waals surface area contributed by atoms with Crippen LogP contribution in [-0.4, -0.2) is 11.0 Å². The van der Waals surface area contributed by atoms with Crippen LogP contribution in [0.15, 0.2) is 18.2 Å². The molecule has 0 spiro atoms. The van der Waals surface area contributed by atoms with E-state index in [0.29, 0.717) is 6.54 Å². The Morgan fingerprint density at radius 2 is 2.23 bits per heavy atom. The fourth-order valence-corrected chi connectivity index (χ4v) is 1.55. The third kappa shape index (κ3) is 3.40. The molecule has 0 aliphatic rings. The van der Waals surface area contributed by atoms with Gasteiger partial charge in [0.2, 0.25) is 0 Å². The summed E-state index contributed by atoms with van der Waals surface area (Å²) in [6.45, 7) is 1.53. The second-order valence-electron chi connectivity index (χ2n) is 2.58. The van der Waals surface area contributed by atoms with Crippen LogP contribution in [0.3, 0.4) is 0 Å². The van der Waals surface area contributed by atoms with Crippen molar-refractivity contribution in [3.63, 3.8) is 0 Å². The molecule has 0 aliphatic carbocycles. The zero-order chi connectivity index (χ0) is 9.68. The lowest BCUT2D eigenvalue weighted by Gasteiger charge is -2.05. The Balaban J connectivity index is 2.61. The van der Waals surface area contributed by atoms with Crippen LogP contribution in [0.2, 0.25) is 5.02 Å². The van der Waals surface area contributed by atoms with Gasteiger partial charge in [-0.25, -0.2) is 4.39 Å². The van der Waals surface area contributed by atoms with E-state index in [-0.39, 0.29) is 10.8 Å². The van der Waals surface area contributed by atoms with Crippen LogP contribution in [0.1, 0.15) is 5.56 Å². The highest BCUT2D eigenvalue weighted by atomic mass is 127. The van der Waals surface area contributed by atoms with Crippen molar-refractivity contribution in [2.45, 2.75) is 6.54 Å². The number of hydrogen-bond acceptors (Lipinski definition) is 1. The SMILES string of the molecule is Fc1cccc(CNCCI)c1Cl. The molecule has 1 N–H and O–H groups in total. The average Bonchev–Trinajstić information content (AvgIpc) is 2.13. The Morgan fingerprint density at radius 3 is 2.92 bits per heavy atom. The standard InChI is InChI=1S/C9H10ClFIN/c10-9-7(6-13-5-4-12)2-1-3-8(9)11/h1-3,13H,4-6H2. The van der Waals surface area contributed by atoms with Gasteiger partial charge >= 0.3 is 0 Å². The molecule has 0 atom stereocenters. The van der Waals surface area contributed by atoms with Crippen LogP contribution in [0.5, 0.6) is 0 Å². The second-order valence-corrected chi connectivity index (χ2v) is 4.04. The van der Waals surface area contributed by atoms with Crippen molar-refractivity contribution in [2.24, 2.45) is 0 Å². The van der Waals surface area contributed by atoms with Gasteiger partial charge in [0.15, 0.2) is 0 Å². The molecule has 0 aromatic heterocycles. The average molecular weight is 314 g/mol. The lowest BCUT2D eigenvalue weighted by Crippen LogP contribution is -2.15. The van der Waals surface area contributed by atoms with Gasteiger partial charge in [-0.1, -0.05) is 46.3 Å². The summed E-state index contributed by atoms with van der Waals surface area (Å²) in [7, 11) is 0. The van der Waals surface area contributed by atoms with Crippen molar-refractivity contribution < 1.29 is 4.39 Å². The quantitative estimate of drug-likeness (QED) is 0.512. The van der Waals surface area contributed by atoms with E-state index < -0.39 is 0 Å². The highest BCUT2D eigenvalue weighted by molar-refractivity contribution is 14.1. The molecular weight excluding hydrogens is 303 g/mol. The molecular formula is C9H10ClFIN. The fraction of sp³-hybridized carbons (Fsp3) is 0.333. The van der Waals surface area contributed by atoms with E-state index in [9.17, 15) is 4.39 Å². The molecule has 1 aromatic rings. The Kier molecular flexibility index (Phi) is 4.98. The van der Waals surface area contributed by atoms with Gasteiger partial charge in [0.05, 0.1) is 5.02 Å². The van der Waals surface area contributed by atoms with Crippen molar-refractivity contribution in [1.29, 1.82) is 0 Å². The van der Waals surface area contributed by atoms with Crippen LogP contribution < -0.4 is 5.32 Å². The molecule has 0 amide bonds. The van der Waals surface area contributed by atoms with E-state index in [1.165, 1.54) is 6.07 Å². The van der Waals surface area contributed by atoms with Crippen LogP contribution in [0.4, 0.5) is 4.39 Å².